The molecule has 0 aliphatic rings. The molecule has 0 aromatic carbocycles. The quantitative estimate of drug-likeness (QED) is 0.818. The van der Waals surface area contributed by atoms with Gasteiger partial charge in [0.1, 0.15) is 5.15 Å². The van der Waals surface area contributed by atoms with E-state index in [1.165, 1.54) is 6.07 Å². The molecule has 0 fully saturated rings. The van der Waals surface area contributed by atoms with Crippen molar-refractivity contribution in [3.8, 4) is 0 Å². The summed E-state index contributed by atoms with van der Waals surface area (Å²) in [4.78, 5) is 20.8. The van der Waals surface area contributed by atoms with Crippen LogP contribution in [-0.4, -0.2) is 40.0 Å². The Labute approximate surface area is 99.1 Å². The number of aromatic carboxylic acids is 1. The fourth-order valence-electron chi connectivity index (χ4n) is 1.00. The maximum absolute atomic E-state index is 10.8. The first kappa shape index (κ1) is 12.9. The predicted molar refractivity (Wildman–Crippen MR) is 60.7 cm³/mol. The summed E-state index contributed by atoms with van der Waals surface area (Å²) in [5.74, 6) is -0.720. The van der Waals surface area contributed by atoms with Crippen molar-refractivity contribution >= 4 is 17.6 Å². The van der Waals surface area contributed by atoms with Gasteiger partial charge in [0.05, 0.1) is 5.54 Å². The molecule has 0 unspecified atom stereocenters. The minimum absolute atomic E-state index is 0.0927. The molecule has 0 aliphatic carbocycles. The van der Waals surface area contributed by atoms with Crippen LogP contribution in [0.25, 0.3) is 0 Å². The number of halogens is 1. The first-order chi connectivity index (χ1) is 7.25. The molecule has 0 atom stereocenters. The Kier molecular flexibility index (Phi) is 3.50. The highest BCUT2D eigenvalue weighted by Crippen LogP contribution is 2.23. The van der Waals surface area contributed by atoms with Crippen LogP contribution >= 0.6 is 11.6 Å². The lowest BCUT2D eigenvalue weighted by Gasteiger charge is -2.30. The van der Waals surface area contributed by atoms with E-state index in [9.17, 15) is 4.79 Å². The van der Waals surface area contributed by atoms with Crippen LogP contribution < -0.4 is 0 Å². The highest BCUT2D eigenvalue weighted by atomic mass is 35.5. The molecule has 1 aromatic rings. The fraction of sp³-hybridized carbons (Fsp3) is 0.500. The second kappa shape index (κ2) is 4.35. The second-order valence-electron chi connectivity index (χ2n) is 4.16. The number of rotatable bonds is 3. The highest BCUT2D eigenvalue weighted by molar-refractivity contribution is 6.29. The van der Waals surface area contributed by atoms with Crippen molar-refractivity contribution in [2.24, 2.45) is 0 Å². The van der Waals surface area contributed by atoms with Crippen molar-refractivity contribution < 1.29 is 9.90 Å². The van der Waals surface area contributed by atoms with Gasteiger partial charge in [-0.2, -0.15) is 0 Å². The predicted octanol–water partition coefficient (Wildman–Crippen LogP) is 1.62. The van der Waals surface area contributed by atoms with Crippen LogP contribution in [0, 0.1) is 0 Å². The number of carboxylic acid groups (broad SMARTS) is 1. The van der Waals surface area contributed by atoms with Crippen molar-refractivity contribution in [3.63, 3.8) is 0 Å². The number of carboxylic acids is 1. The van der Waals surface area contributed by atoms with Gasteiger partial charge in [0.15, 0.2) is 11.5 Å². The Morgan fingerprint density at radius 3 is 2.44 bits per heavy atom. The molecule has 1 heterocycles. The molecule has 6 heteroatoms. The van der Waals surface area contributed by atoms with Crippen molar-refractivity contribution in [1.29, 1.82) is 0 Å². The van der Waals surface area contributed by atoms with E-state index in [-0.39, 0.29) is 10.8 Å². The Bertz CT molecular complexity index is 419. The number of hydrogen-bond acceptors (Lipinski definition) is 4. The molecule has 5 nitrogen and oxygen atoms in total. The molecule has 1 N–H and O–H groups in total. The molecule has 0 spiro atoms. The van der Waals surface area contributed by atoms with Crippen molar-refractivity contribution in [2.75, 3.05) is 14.1 Å². The van der Waals surface area contributed by atoms with Crippen LogP contribution in [0.2, 0.25) is 5.15 Å². The van der Waals surface area contributed by atoms with Crippen LogP contribution in [0.3, 0.4) is 0 Å². The van der Waals surface area contributed by atoms with E-state index >= 15 is 0 Å². The molecular formula is C10H14ClN3O2. The van der Waals surface area contributed by atoms with Gasteiger partial charge in [-0.15, -0.1) is 0 Å². The molecule has 0 amide bonds. The molecule has 16 heavy (non-hydrogen) atoms. The Hall–Kier alpha value is -1.20. The lowest BCUT2D eigenvalue weighted by Crippen LogP contribution is -2.37. The van der Waals surface area contributed by atoms with E-state index in [0.717, 1.165) is 0 Å². The van der Waals surface area contributed by atoms with Gasteiger partial charge < -0.3 is 5.11 Å². The largest absolute Gasteiger partial charge is 0.477 e. The summed E-state index contributed by atoms with van der Waals surface area (Å²) in [7, 11) is 3.73. The summed E-state index contributed by atoms with van der Waals surface area (Å²) in [6, 6.07) is 1.24. The number of carbonyl (C=O) groups is 1. The van der Waals surface area contributed by atoms with Gasteiger partial charge in [-0.1, -0.05) is 11.6 Å². The maximum atomic E-state index is 10.8. The normalized spacial score (nSPS) is 11.9. The van der Waals surface area contributed by atoms with Crippen LogP contribution in [-0.2, 0) is 5.54 Å². The lowest BCUT2D eigenvalue weighted by molar-refractivity contribution is 0.0688. The first-order valence-corrected chi connectivity index (χ1v) is 5.08. The van der Waals surface area contributed by atoms with Gasteiger partial charge in [0.25, 0.3) is 0 Å². The molecule has 1 rings (SSSR count). The Balaban J connectivity index is 3.30. The monoisotopic (exact) mass is 243 g/mol. The van der Waals surface area contributed by atoms with Crippen LogP contribution in [0.15, 0.2) is 6.07 Å². The molecule has 0 saturated carbocycles. The van der Waals surface area contributed by atoms with Gasteiger partial charge in [0.2, 0.25) is 0 Å². The van der Waals surface area contributed by atoms with E-state index in [4.69, 9.17) is 16.7 Å². The minimum Gasteiger partial charge on any atom is -0.477 e. The first-order valence-electron chi connectivity index (χ1n) is 4.71. The Morgan fingerprint density at radius 2 is 2.00 bits per heavy atom. The summed E-state index contributed by atoms with van der Waals surface area (Å²) in [5.41, 5.74) is -0.570. The zero-order valence-corrected chi connectivity index (χ0v) is 10.4. The zero-order valence-electron chi connectivity index (χ0n) is 9.65. The topological polar surface area (TPSA) is 66.3 Å². The minimum atomic E-state index is -1.11. The Morgan fingerprint density at radius 1 is 1.44 bits per heavy atom. The van der Waals surface area contributed by atoms with E-state index in [2.05, 4.69) is 9.97 Å². The third-order valence-corrected chi connectivity index (χ3v) is 2.77. The van der Waals surface area contributed by atoms with Gasteiger partial charge in [-0.05, 0) is 27.9 Å². The SMILES string of the molecule is CN(C)C(C)(C)c1nc(Cl)cc(C(=O)O)n1. The average Bonchev–Trinajstić information content (AvgIpc) is 2.16. The van der Waals surface area contributed by atoms with E-state index < -0.39 is 11.5 Å². The molecule has 0 bridgehead atoms. The van der Waals surface area contributed by atoms with E-state index in [0.29, 0.717) is 5.82 Å². The van der Waals surface area contributed by atoms with Gasteiger partial charge >= 0.3 is 5.97 Å². The fourth-order valence-corrected chi connectivity index (χ4v) is 1.18. The highest BCUT2D eigenvalue weighted by Gasteiger charge is 2.28. The molecule has 1 aromatic heterocycles. The molecular weight excluding hydrogens is 230 g/mol. The third kappa shape index (κ3) is 2.48. The summed E-state index contributed by atoms with van der Waals surface area (Å²) in [5, 5.41) is 9.01. The smallest absolute Gasteiger partial charge is 0.354 e. The van der Waals surface area contributed by atoms with E-state index in [1.54, 1.807) is 0 Å². The van der Waals surface area contributed by atoms with Gasteiger partial charge in [-0.25, -0.2) is 14.8 Å². The lowest BCUT2D eigenvalue weighted by atomic mass is 10.0. The molecule has 0 saturated heterocycles. The number of hydrogen-bond donors (Lipinski definition) is 1. The number of aromatic nitrogens is 2. The summed E-state index contributed by atoms with van der Waals surface area (Å²) in [6.07, 6.45) is 0. The van der Waals surface area contributed by atoms with Crippen molar-refractivity contribution in [1.82, 2.24) is 14.9 Å². The summed E-state index contributed by atoms with van der Waals surface area (Å²) >= 11 is 5.77. The maximum Gasteiger partial charge on any atom is 0.354 e. The molecule has 0 aliphatic heterocycles. The second-order valence-corrected chi connectivity index (χ2v) is 4.55. The van der Waals surface area contributed by atoms with E-state index in [1.807, 2.05) is 32.8 Å². The van der Waals surface area contributed by atoms with Gasteiger partial charge in [-0.3, -0.25) is 4.90 Å². The van der Waals surface area contributed by atoms with Crippen LogP contribution in [0.5, 0.6) is 0 Å². The van der Waals surface area contributed by atoms with Crippen molar-refractivity contribution in [3.05, 3.63) is 22.7 Å². The molecule has 88 valence electrons. The average molecular weight is 244 g/mol. The zero-order chi connectivity index (χ0) is 12.5. The van der Waals surface area contributed by atoms with Crippen molar-refractivity contribution in [2.45, 2.75) is 19.4 Å². The van der Waals surface area contributed by atoms with Crippen LogP contribution in [0.1, 0.15) is 30.2 Å². The number of nitrogens with zero attached hydrogens (tertiary/aromatic N) is 3. The summed E-state index contributed by atoms with van der Waals surface area (Å²) < 4.78 is 0. The van der Waals surface area contributed by atoms with Gasteiger partial charge in [0, 0.05) is 6.07 Å². The van der Waals surface area contributed by atoms with Crippen LogP contribution in [0.4, 0.5) is 0 Å². The summed E-state index contributed by atoms with van der Waals surface area (Å²) in [6.45, 7) is 3.79. The third-order valence-electron chi connectivity index (χ3n) is 2.58. The molecule has 0 radical (unpaired) electrons. The standard InChI is InChI=1S/C10H14ClN3O2/c1-10(2,14(3)4)9-12-6(8(15)16)5-7(11)13-9/h5H,1-4H3,(H,15,16).